The van der Waals surface area contributed by atoms with Crippen LogP contribution in [0.15, 0.2) is 29.1 Å². The minimum Gasteiger partial charge on any atom is -0.480 e. The Morgan fingerprint density at radius 1 is 1.26 bits per heavy atom. The zero-order chi connectivity index (χ0) is 19.6. The average molecular weight is 371 g/mol. The summed E-state index contributed by atoms with van der Waals surface area (Å²) >= 11 is 0. The van der Waals surface area contributed by atoms with Crippen molar-refractivity contribution in [1.82, 2.24) is 14.7 Å². The normalized spacial score (nSPS) is 14.9. The van der Waals surface area contributed by atoms with Crippen LogP contribution in [-0.4, -0.2) is 43.7 Å². The van der Waals surface area contributed by atoms with Crippen molar-refractivity contribution in [2.45, 2.75) is 64.6 Å². The Bertz CT molecular complexity index is 917. The van der Waals surface area contributed by atoms with Crippen LogP contribution in [0.1, 0.15) is 56.4 Å². The predicted octanol–water partition coefficient (Wildman–Crippen LogP) is 2.66. The molecule has 0 radical (unpaired) electrons. The predicted molar refractivity (Wildman–Crippen MR) is 102 cm³/mol. The lowest BCUT2D eigenvalue weighted by atomic mass is 10.1. The highest BCUT2D eigenvalue weighted by Gasteiger charge is 2.40. The number of hydrogen-bond acceptors (Lipinski definition) is 4. The first-order chi connectivity index (χ1) is 13.0. The molecule has 1 N–H and O–H groups in total. The highest BCUT2D eigenvalue weighted by Crippen LogP contribution is 2.31. The Balaban J connectivity index is 2.08. The lowest BCUT2D eigenvalue weighted by molar-refractivity contribution is -0.141. The van der Waals surface area contributed by atoms with Crippen LogP contribution in [0.4, 0.5) is 0 Å². The van der Waals surface area contributed by atoms with E-state index in [2.05, 4.69) is 12.0 Å². The maximum atomic E-state index is 13.3. The second-order valence-electron chi connectivity index (χ2n) is 7.09. The summed E-state index contributed by atoms with van der Waals surface area (Å²) in [6, 6.07) is 5.88. The number of fused-ring (bicyclic) bond motifs is 1. The maximum absolute atomic E-state index is 13.3. The second kappa shape index (κ2) is 7.90. The minimum atomic E-state index is -1.05. The Morgan fingerprint density at radius 2 is 1.93 bits per heavy atom. The number of aliphatic carboxylic acids is 1. The van der Waals surface area contributed by atoms with Gasteiger partial charge in [0.1, 0.15) is 6.04 Å². The number of aryl methyl sites for hydroxylation is 1. The van der Waals surface area contributed by atoms with E-state index in [9.17, 15) is 19.5 Å². The van der Waals surface area contributed by atoms with Crippen LogP contribution in [0.3, 0.4) is 0 Å². The van der Waals surface area contributed by atoms with Gasteiger partial charge >= 0.3 is 5.97 Å². The molecule has 1 aliphatic carbocycles. The highest BCUT2D eigenvalue weighted by atomic mass is 16.4. The lowest BCUT2D eigenvalue weighted by Crippen LogP contribution is -2.45. The first-order valence-corrected chi connectivity index (χ1v) is 9.51. The molecule has 0 saturated heterocycles. The summed E-state index contributed by atoms with van der Waals surface area (Å²) in [5.74, 6) is -1.47. The summed E-state index contributed by atoms with van der Waals surface area (Å²) in [6.45, 7) is 4.03. The molecule has 1 atom stereocenters. The lowest BCUT2D eigenvalue weighted by Gasteiger charge is -2.26. The van der Waals surface area contributed by atoms with E-state index in [0.717, 1.165) is 32.1 Å². The van der Waals surface area contributed by atoms with Gasteiger partial charge in [0.2, 0.25) is 0 Å². The Labute approximate surface area is 157 Å². The van der Waals surface area contributed by atoms with E-state index in [4.69, 9.17) is 0 Å². The molecule has 1 heterocycles. The van der Waals surface area contributed by atoms with E-state index < -0.39 is 17.9 Å². The Kier molecular flexibility index (Phi) is 5.58. The molecule has 3 rings (SSSR count). The molecule has 1 unspecified atom stereocenters. The fourth-order valence-corrected chi connectivity index (χ4v) is 3.31. The molecule has 1 aliphatic rings. The van der Waals surface area contributed by atoms with Gasteiger partial charge in [-0.1, -0.05) is 38.0 Å². The molecular weight excluding hydrogens is 346 g/mol. The van der Waals surface area contributed by atoms with Gasteiger partial charge in [0.05, 0.1) is 5.39 Å². The third kappa shape index (κ3) is 3.86. The number of benzene rings is 1. The first kappa shape index (κ1) is 19.1. The third-order valence-corrected chi connectivity index (χ3v) is 4.99. The number of hydrogen-bond donors (Lipinski definition) is 1. The number of rotatable bonds is 8. The van der Waals surface area contributed by atoms with Crippen LogP contribution in [0.2, 0.25) is 0 Å². The molecule has 1 fully saturated rings. The summed E-state index contributed by atoms with van der Waals surface area (Å²) in [7, 11) is 0. The largest absolute Gasteiger partial charge is 0.480 e. The fraction of sp³-hybridized carbons (Fsp3) is 0.500. The van der Waals surface area contributed by atoms with Crippen molar-refractivity contribution in [2.24, 2.45) is 0 Å². The molecule has 0 bridgehead atoms. The molecule has 144 valence electrons. The zero-order valence-electron chi connectivity index (χ0n) is 15.7. The summed E-state index contributed by atoms with van der Waals surface area (Å²) < 4.78 is 1.35. The topological polar surface area (TPSA) is 92.5 Å². The van der Waals surface area contributed by atoms with Crippen molar-refractivity contribution >= 4 is 22.6 Å². The van der Waals surface area contributed by atoms with Gasteiger partial charge in [-0.05, 0) is 32.3 Å². The molecule has 1 amide bonds. The van der Waals surface area contributed by atoms with Crippen molar-refractivity contribution in [2.75, 3.05) is 0 Å². The molecule has 0 aliphatic heterocycles. The number of carboxylic acid groups (broad SMARTS) is 1. The average Bonchev–Trinajstić information content (AvgIpc) is 3.48. The van der Waals surface area contributed by atoms with Gasteiger partial charge in [0, 0.05) is 18.0 Å². The van der Waals surface area contributed by atoms with Crippen LogP contribution >= 0.6 is 0 Å². The Morgan fingerprint density at radius 3 is 2.52 bits per heavy atom. The number of nitrogens with zero attached hydrogens (tertiary/aromatic N) is 3. The van der Waals surface area contributed by atoms with Gasteiger partial charge in [0.25, 0.3) is 11.5 Å². The number of unbranched alkanes of at least 4 members (excludes halogenated alkanes) is 2. The van der Waals surface area contributed by atoms with Crippen LogP contribution in [0, 0.1) is 0 Å². The van der Waals surface area contributed by atoms with Gasteiger partial charge in [0.15, 0.2) is 5.69 Å². The molecule has 7 heteroatoms. The minimum absolute atomic E-state index is 0.0790. The van der Waals surface area contributed by atoms with Crippen molar-refractivity contribution in [3.8, 4) is 0 Å². The van der Waals surface area contributed by atoms with Gasteiger partial charge in [-0.15, -0.1) is 0 Å². The van der Waals surface area contributed by atoms with Gasteiger partial charge in [-0.2, -0.15) is 5.10 Å². The van der Waals surface area contributed by atoms with Crippen molar-refractivity contribution < 1.29 is 14.7 Å². The van der Waals surface area contributed by atoms with Crippen LogP contribution in [0.25, 0.3) is 10.8 Å². The standard InChI is InChI=1S/C20H25N3O4/c1-3-4-7-12-22-18(24)16-9-6-5-8-15(16)17(21-22)19(25)23(14-10-11-14)13(2)20(26)27/h5-6,8-9,13-14H,3-4,7,10-12H2,1-2H3,(H,26,27). The molecule has 1 aromatic carbocycles. The summed E-state index contributed by atoms with van der Waals surface area (Å²) in [5, 5.41) is 14.7. The zero-order valence-corrected chi connectivity index (χ0v) is 15.7. The molecule has 0 spiro atoms. The number of carbonyl (C=O) groups excluding carboxylic acids is 1. The van der Waals surface area contributed by atoms with Gasteiger partial charge in [-0.25, -0.2) is 9.48 Å². The van der Waals surface area contributed by atoms with Gasteiger partial charge in [-0.3, -0.25) is 9.59 Å². The van der Waals surface area contributed by atoms with E-state index in [1.807, 2.05) is 0 Å². The number of amides is 1. The van der Waals surface area contributed by atoms with Crippen LogP contribution in [-0.2, 0) is 11.3 Å². The molecule has 2 aromatic rings. The summed E-state index contributed by atoms with van der Waals surface area (Å²) in [6.07, 6.45) is 4.36. The monoisotopic (exact) mass is 371 g/mol. The molecule has 27 heavy (non-hydrogen) atoms. The maximum Gasteiger partial charge on any atom is 0.326 e. The highest BCUT2D eigenvalue weighted by molar-refractivity contribution is 6.06. The van der Waals surface area contributed by atoms with E-state index in [0.29, 0.717) is 17.3 Å². The number of carboxylic acids is 1. The van der Waals surface area contributed by atoms with Gasteiger partial charge < -0.3 is 10.0 Å². The van der Waals surface area contributed by atoms with E-state index in [1.54, 1.807) is 24.3 Å². The summed E-state index contributed by atoms with van der Waals surface area (Å²) in [5.41, 5.74) is -0.0655. The molecule has 7 nitrogen and oxygen atoms in total. The van der Waals surface area contributed by atoms with Crippen molar-refractivity contribution in [3.63, 3.8) is 0 Å². The molecule has 1 saturated carbocycles. The van der Waals surface area contributed by atoms with Crippen LogP contribution < -0.4 is 5.56 Å². The van der Waals surface area contributed by atoms with Crippen LogP contribution in [0.5, 0.6) is 0 Å². The molecular formula is C20H25N3O4. The van der Waals surface area contributed by atoms with Crippen molar-refractivity contribution in [3.05, 3.63) is 40.3 Å². The summed E-state index contributed by atoms with van der Waals surface area (Å²) in [4.78, 5) is 38.9. The SMILES string of the molecule is CCCCCn1nc(C(=O)N(C2CC2)C(C)C(=O)O)c2ccccc2c1=O. The first-order valence-electron chi connectivity index (χ1n) is 9.51. The van der Waals surface area contributed by atoms with E-state index in [-0.39, 0.29) is 17.3 Å². The number of aromatic nitrogens is 2. The van der Waals surface area contributed by atoms with E-state index in [1.165, 1.54) is 16.5 Å². The second-order valence-corrected chi connectivity index (χ2v) is 7.09. The number of carbonyl (C=O) groups is 2. The quantitative estimate of drug-likeness (QED) is 0.720. The van der Waals surface area contributed by atoms with Crippen molar-refractivity contribution in [1.29, 1.82) is 0 Å². The van der Waals surface area contributed by atoms with E-state index >= 15 is 0 Å². The Hall–Kier alpha value is -2.70. The fourth-order valence-electron chi connectivity index (χ4n) is 3.31. The third-order valence-electron chi connectivity index (χ3n) is 4.99. The smallest absolute Gasteiger partial charge is 0.326 e. The molecule has 1 aromatic heterocycles.